The van der Waals surface area contributed by atoms with E-state index in [9.17, 15) is 0 Å². The van der Waals surface area contributed by atoms with Crippen LogP contribution in [0.15, 0.2) is 0 Å². The molecule has 1 aliphatic carbocycles. The van der Waals surface area contributed by atoms with Gasteiger partial charge in [0, 0.05) is 35.5 Å². The maximum Gasteiger partial charge on any atom is 0.115 e. The van der Waals surface area contributed by atoms with E-state index in [1.54, 1.807) is 35.5 Å². The largest absolute Gasteiger partial charge is 0.376 e. The third-order valence-corrected chi connectivity index (χ3v) is 2.98. The molecule has 0 bridgehead atoms. The van der Waals surface area contributed by atoms with Crippen LogP contribution in [0.4, 0.5) is 0 Å². The molecule has 0 spiro atoms. The van der Waals surface area contributed by atoms with E-state index in [4.69, 9.17) is 23.7 Å². The lowest BCUT2D eigenvalue weighted by Crippen LogP contribution is -2.37. The summed E-state index contributed by atoms with van der Waals surface area (Å²) in [5.74, 6) is 0. The van der Waals surface area contributed by atoms with Gasteiger partial charge in [0.1, 0.15) is 30.5 Å². The molecule has 0 unspecified atom stereocenters. The van der Waals surface area contributed by atoms with E-state index in [1.165, 1.54) is 0 Å². The summed E-state index contributed by atoms with van der Waals surface area (Å²) in [5.41, 5.74) is 0. The van der Waals surface area contributed by atoms with Crippen LogP contribution in [-0.4, -0.2) is 66.1 Å². The molecular weight excluding hydrogens is 200 g/mol. The topological polar surface area (TPSA) is 46.2 Å². The van der Waals surface area contributed by atoms with E-state index < -0.39 is 0 Å². The van der Waals surface area contributed by atoms with Crippen molar-refractivity contribution in [1.82, 2.24) is 0 Å². The van der Waals surface area contributed by atoms with Crippen LogP contribution in [0.5, 0.6) is 0 Å². The fourth-order valence-corrected chi connectivity index (χ4v) is 2.28. The van der Waals surface area contributed by atoms with E-state index in [2.05, 4.69) is 0 Å². The zero-order chi connectivity index (χ0) is 11.4. The van der Waals surface area contributed by atoms with Gasteiger partial charge in [0.2, 0.25) is 0 Å². The van der Waals surface area contributed by atoms with Crippen molar-refractivity contribution in [3.05, 3.63) is 0 Å². The molecule has 5 heteroatoms. The summed E-state index contributed by atoms with van der Waals surface area (Å²) < 4.78 is 26.9. The van der Waals surface area contributed by atoms with Gasteiger partial charge >= 0.3 is 0 Å². The maximum atomic E-state index is 5.37. The SMILES string of the molecule is COC1C(OC)C(OC)C(OC)C1OC. The van der Waals surface area contributed by atoms with Crippen LogP contribution < -0.4 is 0 Å². The van der Waals surface area contributed by atoms with Crippen LogP contribution in [0.3, 0.4) is 0 Å². The van der Waals surface area contributed by atoms with E-state index in [0.29, 0.717) is 0 Å². The van der Waals surface area contributed by atoms with Crippen molar-refractivity contribution in [3.8, 4) is 0 Å². The second-order valence-corrected chi connectivity index (χ2v) is 3.50. The van der Waals surface area contributed by atoms with Crippen LogP contribution in [-0.2, 0) is 23.7 Å². The lowest BCUT2D eigenvalue weighted by molar-refractivity contribution is -0.0935. The van der Waals surface area contributed by atoms with Gasteiger partial charge in [0.05, 0.1) is 0 Å². The molecule has 1 rings (SSSR count). The molecule has 5 nitrogen and oxygen atoms in total. The Kier molecular flexibility index (Phi) is 4.95. The molecule has 0 aromatic heterocycles. The molecule has 0 N–H and O–H groups in total. The first-order valence-corrected chi connectivity index (χ1v) is 4.89. The summed E-state index contributed by atoms with van der Waals surface area (Å²) in [6.07, 6.45) is -0.857. The number of hydrogen-bond acceptors (Lipinski definition) is 5. The van der Waals surface area contributed by atoms with Crippen LogP contribution >= 0.6 is 0 Å². The standard InChI is InChI=1S/C10H20O5/c1-11-6-7(12-2)9(14-4)10(15-5)8(6)13-3/h6-10H,1-5H3. The molecular formula is C10H20O5. The summed E-state index contributed by atoms with van der Waals surface area (Å²) >= 11 is 0. The van der Waals surface area contributed by atoms with Crippen LogP contribution in [0.1, 0.15) is 0 Å². The zero-order valence-electron chi connectivity index (χ0n) is 9.93. The minimum atomic E-state index is -0.171. The van der Waals surface area contributed by atoms with Gasteiger partial charge in [0.25, 0.3) is 0 Å². The molecule has 15 heavy (non-hydrogen) atoms. The predicted octanol–water partition coefficient (Wildman–Crippen LogP) is 0.0750. The van der Waals surface area contributed by atoms with Gasteiger partial charge in [-0.1, -0.05) is 0 Å². The molecule has 0 aliphatic heterocycles. The summed E-state index contributed by atoms with van der Waals surface area (Å²) in [5, 5.41) is 0. The number of hydrogen-bond donors (Lipinski definition) is 0. The highest BCUT2D eigenvalue weighted by atomic mass is 16.6. The number of methoxy groups -OCH3 is 5. The highest BCUT2D eigenvalue weighted by Crippen LogP contribution is 2.31. The summed E-state index contributed by atoms with van der Waals surface area (Å²) in [7, 11) is 8.16. The summed E-state index contributed by atoms with van der Waals surface area (Å²) in [6.45, 7) is 0. The van der Waals surface area contributed by atoms with Gasteiger partial charge in [-0.05, 0) is 0 Å². The number of rotatable bonds is 5. The highest BCUT2D eigenvalue weighted by Gasteiger charge is 2.52. The first-order valence-electron chi connectivity index (χ1n) is 4.89. The Morgan fingerprint density at radius 3 is 0.600 bits per heavy atom. The minimum absolute atomic E-state index is 0.171. The fourth-order valence-electron chi connectivity index (χ4n) is 2.28. The molecule has 0 aromatic carbocycles. The fraction of sp³-hybridized carbons (Fsp3) is 1.00. The maximum absolute atomic E-state index is 5.37. The van der Waals surface area contributed by atoms with Crippen molar-refractivity contribution in [2.45, 2.75) is 30.5 Å². The molecule has 1 aliphatic rings. The average molecular weight is 220 g/mol. The molecule has 0 radical (unpaired) electrons. The quantitative estimate of drug-likeness (QED) is 0.656. The second-order valence-electron chi connectivity index (χ2n) is 3.50. The molecule has 0 amide bonds. The molecule has 0 saturated heterocycles. The Labute approximate surface area is 90.6 Å². The first kappa shape index (κ1) is 12.9. The van der Waals surface area contributed by atoms with E-state index in [0.717, 1.165) is 0 Å². The van der Waals surface area contributed by atoms with Crippen LogP contribution in [0.25, 0.3) is 0 Å². The minimum Gasteiger partial charge on any atom is -0.376 e. The van der Waals surface area contributed by atoms with Crippen LogP contribution in [0.2, 0.25) is 0 Å². The average Bonchev–Trinajstić information content (AvgIpc) is 2.59. The van der Waals surface area contributed by atoms with Crippen molar-refractivity contribution in [1.29, 1.82) is 0 Å². The Balaban J connectivity index is 2.87. The molecule has 0 aromatic rings. The Morgan fingerprint density at radius 2 is 0.533 bits per heavy atom. The van der Waals surface area contributed by atoms with Gasteiger partial charge in [-0.2, -0.15) is 0 Å². The van der Waals surface area contributed by atoms with Crippen molar-refractivity contribution in [2.24, 2.45) is 0 Å². The molecule has 0 heterocycles. The Morgan fingerprint density at radius 1 is 0.400 bits per heavy atom. The van der Waals surface area contributed by atoms with Crippen molar-refractivity contribution in [2.75, 3.05) is 35.5 Å². The molecule has 1 fully saturated rings. The molecule has 1 saturated carbocycles. The molecule has 90 valence electrons. The smallest absolute Gasteiger partial charge is 0.115 e. The third-order valence-electron chi connectivity index (χ3n) is 2.98. The van der Waals surface area contributed by atoms with Gasteiger partial charge in [-0.3, -0.25) is 0 Å². The van der Waals surface area contributed by atoms with Crippen molar-refractivity contribution in [3.63, 3.8) is 0 Å². The summed E-state index contributed by atoms with van der Waals surface area (Å²) in [4.78, 5) is 0. The summed E-state index contributed by atoms with van der Waals surface area (Å²) in [6, 6.07) is 0. The first-order chi connectivity index (χ1) is 7.24. The number of ether oxygens (including phenoxy) is 5. The van der Waals surface area contributed by atoms with Gasteiger partial charge in [-0.15, -0.1) is 0 Å². The van der Waals surface area contributed by atoms with Crippen molar-refractivity contribution < 1.29 is 23.7 Å². The predicted molar refractivity (Wildman–Crippen MR) is 54.0 cm³/mol. The lowest BCUT2D eigenvalue weighted by atomic mass is 10.2. The second kappa shape index (κ2) is 5.77. The lowest BCUT2D eigenvalue weighted by Gasteiger charge is -2.22. The molecule has 0 atom stereocenters. The monoisotopic (exact) mass is 220 g/mol. The van der Waals surface area contributed by atoms with E-state index >= 15 is 0 Å². The van der Waals surface area contributed by atoms with E-state index in [-0.39, 0.29) is 30.5 Å². The Bertz CT molecular complexity index is 130. The van der Waals surface area contributed by atoms with Gasteiger partial charge < -0.3 is 23.7 Å². The van der Waals surface area contributed by atoms with Crippen molar-refractivity contribution >= 4 is 0 Å². The zero-order valence-corrected chi connectivity index (χ0v) is 9.93. The third kappa shape index (κ3) is 2.16. The highest BCUT2D eigenvalue weighted by molar-refractivity contribution is 5.02. The van der Waals surface area contributed by atoms with Crippen LogP contribution in [0, 0.1) is 0 Å². The normalized spacial score (nSPS) is 41.0. The van der Waals surface area contributed by atoms with E-state index in [1.807, 2.05) is 0 Å². The van der Waals surface area contributed by atoms with Gasteiger partial charge in [0.15, 0.2) is 0 Å². The van der Waals surface area contributed by atoms with Gasteiger partial charge in [-0.25, -0.2) is 0 Å². The Hall–Kier alpha value is -0.200.